The number of aliphatic hydroxyl groups excluding tert-OH is 1. The number of nitro groups is 1. The van der Waals surface area contributed by atoms with Crippen molar-refractivity contribution in [1.29, 1.82) is 0 Å². The van der Waals surface area contributed by atoms with E-state index < -0.39 is 10.5 Å². The maximum absolute atomic E-state index is 10.8. The van der Waals surface area contributed by atoms with E-state index in [1.165, 1.54) is 12.1 Å². The van der Waals surface area contributed by atoms with Gasteiger partial charge in [0.25, 0.3) is 5.69 Å². The first-order valence-electron chi connectivity index (χ1n) is 7.52. The van der Waals surface area contributed by atoms with Crippen molar-refractivity contribution in [2.45, 2.75) is 31.5 Å². The van der Waals surface area contributed by atoms with Gasteiger partial charge in [-0.25, -0.2) is 0 Å². The van der Waals surface area contributed by atoms with Crippen LogP contribution in [0.5, 0.6) is 5.75 Å². The van der Waals surface area contributed by atoms with E-state index in [0.29, 0.717) is 5.75 Å². The highest BCUT2D eigenvalue weighted by Gasteiger charge is 2.31. The highest BCUT2D eigenvalue weighted by atomic mass is 16.6. The minimum absolute atomic E-state index is 0.0700. The summed E-state index contributed by atoms with van der Waals surface area (Å²) in [6.45, 7) is 4.48. The number of rotatable bonds is 3. The third-order valence-electron chi connectivity index (χ3n) is 4.26. The lowest BCUT2D eigenvalue weighted by atomic mass is 9.97. The average Bonchev–Trinajstić information content (AvgIpc) is 2.49. The number of hydrogen-bond acceptors (Lipinski definition) is 5. The van der Waals surface area contributed by atoms with Crippen LogP contribution in [0.2, 0.25) is 0 Å². The summed E-state index contributed by atoms with van der Waals surface area (Å²) in [7, 11) is 0. The first-order valence-corrected chi connectivity index (χ1v) is 7.52. The molecule has 2 aliphatic heterocycles. The Balaban J connectivity index is 1.72. The van der Waals surface area contributed by atoms with Gasteiger partial charge in [0.05, 0.1) is 11.0 Å². The average molecular weight is 304 g/mol. The molecule has 1 aromatic carbocycles. The lowest BCUT2D eigenvalue weighted by molar-refractivity contribution is -0.384. The molecule has 1 aromatic rings. The number of fused-ring (bicyclic) bond motifs is 1. The van der Waals surface area contributed by atoms with Gasteiger partial charge >= 0.3 is 0 Å². The smallest absolute Gasteiger partial charge is 0.270 e. The molecule has 1 fully saturated rings. The topological polar surface area (TPSA) is 75.8 Å². The number of hydrogen-bond donors (Lipinski definition) is 1. The molecule has 0 saturated carbocycles. The summed E-state index contributed by atoms with van der Waals surface area (Å²) in [6, 6.07) is 4.66. The molecule has 3 rings (SSSR count). The Morgan fingerprint density at radius 3 is 2.86 bits per heavy atom. The normalized spacial score (nSPS) is 25.5. The maximum atomic E-state index is 10.8. The minimum Gasteiger partial charge on any atom is -0.482 e. The van der Waals surface area contributed by atoms with Crippen LogP contribution in [0, 0.1) is 10.1 Å². The summed E-state index contributed by atoms with van der Waals surface area (Å²) in [6.07, 6.45) is 5.26. The van der Waals surface area contributed by atoms with E-state index in [0.717, 1.165) is 38.0 Å². The van der Waals surface area contributed by atoms with Crippen molar-refractivity contribution >= 4 is 11.8 Å². The molecule has 0 amide bonds. The van der Waals surface area contributed by atoms with Crippen LogP contribution in [0.25, 0.3) is 6.08 Å². The van der Waals surface area contributed by atoms with Gasteiger partial charge in [-0.05, 0) is 31.9 Å². The molecule has 0 aromatic heterocycles. The fraction of sp³-hybridized carbons (Fsp3) is 0.500. The molecule has 1 saturated heterocycles. The van der Waals surface area contributed by atoms with E-state index in [1.807, 2.05) is 19.1 Å². The van der Waals surface area contributed by atoms with Crippen LogP contribution in [-0.2, 0) is 0 Å². The van der Waals surface area contributed by atoms with Gasteiger partial charge in [-0.2, -0.15) is 0 Å². The Morgan fingerprint density at radius 1 is 1.45 bits per heavy atom. The Kier molecular flexibility index (Phi) is 3.88. The first-order chi connectivity index (χ1) is 10.5. The molecule has 1 unspecified atom stereocenters. The summed E-state index contributed by atoms with van der Waals surface area (Å²) in [5.41, 5.74) is 0.354. The van der Waals surface area contributed by atoms with Gasteiger partial charge in [0.15, 0.2) is 0 Å². The van der Waals surface area contributed by atoms with Gasteiger partial charge in [-0.15, -0.1) is 0 Å². The molecule has 0 aliphatic carbocycles. The third-order valence-corrected chi connectivity index (χ3v) is 4.26. The van der Waals surface area contributed by atoms with Gasteiger partial charge in [0, 0.05) is 37.3 Å². The zero-order valence-corrected chi connectivity index (χ0v) is 12.6. The van der Waals surface area contributed by atoms with Crippen molar-refractivity contribution < 1.29 is 14.8 Å². The highest BCUT2D eigenvalue weighted by Crippen LogP contribution is 2.34. The zero-order chi connectivity index (χ0) is 15.7. The van der Waals surface area contributed by atoms with Crippen LogP contribution in [-0.4, -0.2) is 46.3 Å². The van der Waals surface area contributed by atoms with Crippen LogP contribution < -0.4 is 4.74 Å². The van der Waals surface area contributed by atoms with E-state index >= 15 is 0 Å². The largest absolute Gasteiger partial charge is 0.482 e. The van der Waals surface area contributed by atoms with Crippen molar-refractivity contribution in [1.82, 2.24) is 4.90 Å². The van der Waals surface area contributed by atoms with Crippen LogP contribution in [0.15, 0.2) is 24.3 Å². The SMILES string of the molecule is CC1(CN2CCC(O)CC2)C=Cc2cc([N+](=O)[O-])ccc2O1. The lowest BCUT2D eigenvalue weighted by Crippen LogP contribution is -2.48. The number of piperidine rings is 1. The third kappa shape index (κ3) is 3.13. The second-order valence-corrected chi connectivity index (χ2v) is 6.23. The molecule has 118 valence electrons. The monoisotopic (exact) mass is 304 g/mol. The fourth-order valence-corrected chi connectivity index (χ4v) is 3.03. The van der Waals surface area contributed by atoms with Gasteiger partial charge in [-0.1, -0.05) is 6.08 Å². The molecule has 2 heterocycles. The van der Waals surface area contributed by atoms with Gasteiger partial charge < -0.3 is 9.84 Å². The summed E-state index contributed by atoms with van der Waals surface area (Å²) in [5, 5.41) is 20.4. The number of non-ortho nitro benzene ring substituents is 1. The second-order valence-electron chi connectivity index (χ2n) is 6.23. The predicted molar refractivity (Wildman–Crippen MR) is 82.8 cm³/mol. The van der Waals surface area contributed by atoms with Crippen molar-refractivity contribution in [3.63, 3.8) is 0 Å². The standard InChI is InChI=1S/C16H20N2O4/c1-16(11-17-8-5-14(19)6-9-17)7-4-12-10-13(18(20)21)2-3-15(12)22-16/h2-4,7,10,14,19H,5-6,8-9,11H2,1H3. The van der Waals surface area contributed by atoms with Crippen molar-refractivity contribution in [3.8, 4) is 5.75 Å². The Morgan fingerprint density at radius 2 is 2.18 bits per heavy atom. The van der Waals surface area contributed by atoms with E-state index in [2.05, 4.69) is 4.90 Å². The maximum Gasteiger partial charge on any atom is 0.270 e. The molecule has 1 atom stereocenters. The number of aliphatic hydroxyl groups is 1. The molecule has 1 N–H and O–H groups in total. The van der Waals surface area contributed by atoms with Gasteiger partial charge in [0.1, 0.15) is 11.4 Å². The van der Waals surface area contributed by atoms with E-state index in [9.17, 15) is 15.2 Å². The molecule has 22 heavy (non-hydrogen) atoms. The Labute approximate surface area is 129 Å². The lowest BCUT2D eigenvalue weighted by Gasteiger charge is -2.38. The molecule has 0 spiro atoms. The van der Waals surface area contributed by atoms with E-state index in [-0.39, 0.29) is 11.8 Å². The Bertz CT molecular complexity index is 608. The predicted octanol–water partition coefficient (Wildman–Crippen LogP) is 2.22. The quantitative estimate of drug-likeness (QED) is 0.684. The van der Waals surface area contributed by atoms with Crippen molar-refractivity contribution in [2.24, 2.45) is 0 Å². The summed E-state index contributed by atoms with van der Waals surface area (Å²) in [4.78, 5) is 12.7. The minimum atomic E-state index is -0.453. The summed E-state index contributed by atoms with van der Waals surface area (Å²) < 4.78 is 6.07. The molecule has 2 aliphatic rings. The van der Waals surface area contributed by atoms with E-state index in [4.69, 9.17) is 4.74 Å². The number of likely N-dealkylation sites (tertiary alicyclic amines) is 1. The zero-order valence-electron chi connectivity index (χ0n) is 12.6. The van der Waals surface area contributed by atoms with Gasteiger partial charge in [-0.3, -0.25) is 15.0 Å². The molecule has 0 bridgehead atoms. The van der Waals surface area contributed by atoms with Crippen LogP contribution in [0.1, 0.15) is 25.3 Å². The molecule has 0 radical (unpaired) electrons. The summed E-state index contributed by atoms with van der Waals surface area (Å²) >= 11 is 0. The Hall–Kier alpha value is -1.92. The van der Waals surface area contributed by atoms with Crippen LogP contribution in [0.4, 0.5) is 5.69 Å². The van der Waals surface area contributed by atoms with E-state index in [1.54, 1.807) is 6.07 Å². The van der Waals surface area contributed by atoms with Crippen LogP contribution in [0.3, 0.4) is 0 Å². The second kappa shape index (κ2) is 5.70. The first kappa shape index (κ1) is 15.0. The number of nitro benzene ring substituents is 1. The molecule has 6 heteroatoms. The fourth-order valence-electron chi connectivity index (χ4n) is 3.03. The van der Waals surface area contributed by atoms with Crippen molar-refractivity contribution in [2.75, 3.05) is 19.6 Å². The molecule has 6 nitrogen and oxygen atoms in total. The van der Waals surface area contributed by atoms with Crippen molar-refractivity contribution in [3.05, 3.63) is 40.0 Å². The highest BCUT2D eigenvalue weighted by molar-refractivity contribution is 5.64. The van der Waals surface area contributed by atoms with Crippen LogP contribution >= 0.6 is 0 Å². The van der Waals surface area contributed by atoms with Gasteiger partial charge in [0.2, 0.25) is 0 Å². The molecular weight excluding hydrogens is 284 g/mol. The number of ether oxygens (including phenoxy) is 1. The number of benzene rings is 1. The summed E-state index contributed by atoms with van der Waals surface area (Å²) in [5.74, 6) is 0.674. The number of nitrogens with zero attached hydrogens (tertiary/aromatic N) is 2. The molecular formula is C16H20N2O4.